The Morgan fingerprint density at radius 1 is 1.03 bits per heavy atom. The largest absolute Gasteiger partial charge is 0.322 e. The van der Waals surface area contributed by atoms with Crippen LogP contribution in [0.1, 0.15) is 34.4 Å². The van der Waals surface area contributed by atoms with Gasteiger partial charge in [0, 0.05) is 41.6 Å². The van der Waals surface area contributed by atoms with Gasteiger partial charge in [-0.1, -0.05) is 0 Å². The van der Waals surface area contributed by atoms with E-state index in [1.807, 2.05) is 30.8 Å². The van der Waals surface area contributed by atoms with Crippen LogP contribution in [0.4, 0.5) is 11.6 Å². The molecule has 0 radical (unpaired) electrons. The van der Waals surface area contributed by atoms with Gasteiger partial charge in [-0.15, -0.1) is 0 Å². The van der Waals surface area contributed by atoms with Gasteiger partial charge in [-0.3, -0.25) is 9.48 Å². The Bertz CT molecular complexity index is 1750. The summed E-state index contributed by atoms with van der Waals surface area (Å²) in [6, 6.07) is 9.35. The highest BCUT2D eigenvalue weighted by atomic mass is 32.2. The van der Waals surface area contributed by atoms with Gasteiger partial charge in [-0.05, 0) is 64.1 Å². The normalized spacial score (nSPS) is 11.6. The molecule has 0 aliphatic heterocycles. The van der Waals surface area contributed by atoms with Gasteiger partial charge in [0.2, 0.25) is 5.95 Å². The molecule has 2 N–H and O–H groups in total. The molecule has 0 aliphatic carbocycles. The van der Waals surface area contributed by atoms with Gasteiger partial charge in [-0.25, -0.2) is 32.6 Å². The SMILES string of the molecule is CCn1cc(-c2ccnc3c(C(=O)Nc4ccc(S(=O)(=O)Nc5nc(C)cc(C)n5)cc4)cnn23)c(C)n1. The van der Waals surface area contributed by atoms with Crippen molar-refractivity contribution in [2.24, 2.45) is 0 Å². The van der Waals surface area contributed by atoms with Crippen molar-refractivity contribution in [3.63, 3.8) is 0 Å². The second kappa shape index (κ2) is 9.67. The van der Waals surface area contributed by atoms with Gasteiger partial charge in [0.25, 0.3) is 15.9 Å². The molecular weight excluding hydrogens is 506 g/mol. The number of hydrogen-bond donors (Lipinski definition) is 2. The third kappa shape index (κ3) is 4.83. The van der Waals surface area contributed by atoms with Gasteiger partial charge >= 0.3 is 0 Å². The lowest BCUT2D eigenvalue weighted by molar-refractivity contribution is 0.102. The summed E-state index contributed by atoms with van der Waals surface area (Å²) in [5, 5.41) is 11.7. The Morgan fingerprint density at radius 2 is 1.74 bits per heavy atom. The number of nitrogens with one attached hydrogen (secondary N) is 2. The Hall–Kier alpha value is -4.65. The van der Waals surface area contributed by atoms with Crippen LogP contribution < -0.4 is 10.0 Å². The van der Waals surface area contributed by atoms with Gasteiger partial charge in [0.05, 0.1) is 22.5 Å². The second-order valence-corrected chi connectivity index (χ2v) is 10.3. The lowest BCUT2D eigenvalue weighted by Crippen LogP contribution is -2.16. The molecule has 0 saturated carbocycles. The molecule has 5 aromatic rings. The molecule has 1 aromatic carbocycles. The van der Waals surface area contributed by atoms with Crippen molar-refractivity contribution in [2.45, 2.75) is 39.1 Å². The first kappa shape index (κ1) is 25.0. The molecule has 194 valence electrons. The molecule has 0 bridgehead atoms. The summed E-state index contributed by atoms with van der Waals surface area (Å²) in [7, 11) is -3.92. The van der Waals surface area contributed by atoms with Crippen molar-refractivity contribution in [3.05, 3.63) is 77.6 Å². The van der Waals surface area contributed by atoms with Crippen LogP contribution >= 0.6 is 0 Å². The Balaban J connectivity index is 1.36. The third-order valence-electron chi connectivity index (χ3n) is 5.82. The minimum Gasteiger partial charge on any atom is -0.322 e. The number of aromatic nitrogens is 7. The average Bonchev–Trinajstić information content (AvgIpc) is 3.47. The zero-order valence-electron chi connectivity index (χ0n) is 21.2. The zero-order valence-corrected chi connectivity index (χ0v) is 22.0. The van der Waals surface area contributed by atoms with Crippen LogP contribution in [0.25, 0.3) is 16.9 Å². The highest BCUT2D eigenvalue weighted by Crippen LogP contribution is 2.24. The number of anilines is 2. The second-order valence-electron chi connectivity index (χ2n) is 8.67. The van der Waals surface area contributed by atoms with Crippen molar-refractivity contribution in [3.8, 4) is 11.3 Å². The molecule has 0 fully saturated rings. The van der Waals surface area contributed by atoms with E-state index in [4.69, 9.17) is 0 Å². The molecule has 0 saturated heterocycles. The number of aryl methyl sites for hydroxylation is 4. The predicted molar refractivity (Wildman–Crippen MR) is 141 cm³/mol. The van der Waals surface area contributed by atoms with Crippen LogP contribution in [0.3, 0.4) is 0 Å². The smallest absolute Gasteiger partial charge is 0.264 e. The topological polar surface area (TPSA) is 149 Å². The van der Waals surface area contributed by atoms with Gasteiger partial charge < -0.3 is 5.32 Å². The number of nitrogens with zero attached hydrogens (tertiary/aromatic N) is 7. The molecule has 1 amide bonds. The Kier molecular flexibility index (Phi) is 6.36. The number of hydrogen-bond acceptors (Lipinski definition) is 8. The molecule has 0 aliphatic rings. The van der Waals surface area contributed by atoms with E-state index in [0.717, 1.165) is 23.5 Å². The van der Waals surface area contributed by atoms with Crippen LogP contribution in [-0.4, -0.2) is 48.7 Å². The summed E-state index contributed by atoms with van der Waals surface area (Å²) < 4.78 is 31.4. The minimum atomic E-state index is -3.92. The fraction of sp³-hybridized carbons (Fsp3) is 0.200. The van der Waals surface area contributed by atoms with E-state index in [9.17, 15) is 13.2 Å². The predicted octanol–water partition coefficient (Wildman–Crippen LogP) is 3.38. The van der Waals surface area contributed by atoms with E-state index in [0.29, 0.717) is 22.7 Å². The van der Waals surface area contributed by atoms with Crippen molar-refractivity contribution < 1.29 is 13.2 Å². The molecule has 5 rings (SSSR count). The van der Waals surface area contributed by atoms with E-state index in [1.54, 1.807) is 30.6 Å². The quantitative estimate of drug-likeness (QED) is 0.325. The maximum absolute atomic E-state index is 13.1. The van der Waals surface area contributed by atoms with E-state index in [-0.39, 0.29) is 16.4 Å². The number of carbonyl (C=O) groups is 1. The summed E-state index contributed by atoms with van der Waals surface area (Å²) in [5.41, 5.74) is 4.87. The van der Waals surface area contributed by atoms with Gasteiger partial charge in [0.1, 0.15) is 5.56 Å². The average molecular weight is 532 g/mol. The number of fused-ring (bicyclic) bond motifs is 1. The number of carbonyl (C=O) groups excluding carboxylic acids is 1. The van der Waals surface area contributed by atoms with Crippen LogP contribution in [0.5, 0.6) is 0 Å². The first-order valence-electron chi connectivity index (χ1n) is 11.8. The summed E-state index contributed by atoms with van der Waals surface area (Å²) in [5.74, 6) is -0.430. The van der Waals surface area contributed by atoms with Gasteiger partial charge in [-0.2, -0.15) is 10.2 Å². The lowest BCUT2D eigenvalue weighted by atomic mass is 10.2. The maximum Gasteiger partial charge on any atom is 0.264 e. The number of sulfonamides is 1. The first-order chi connectivity index (χ1) is 18.1. The highest BCUT2D eigenvalue weighted by molar-refractivity contribution is 7.92. The maximum atomic E-state index is 13.1. The minimum absolute atomic E-state index is 0.00271. The Morgan fingerprint density at radius 3 is 2.39 bits per heavy atom. The standard InChI is InChI=1S/C25H25N9O3S/c1-5-33-14-21(17(4)31-33)22-10-11-26-23-20(13-27-34(22)23)24(35)30-18-6-8-19(9-7-18)38(36,37)32-25-28-15(2)12-16(3)29-25/h6-14H,5H2,1-4H3,(H,30,35)(H,28,29,32). The van der Waals surface area contributed by atoms with Crippen LogP contribution in [0.15, 0.2) is 59.9 Å². The number of rotatable bonds is 7. The molecular formula is C25H25N9O3S. The third-order valence-corrected chi connectivity index (χ3v) is 7.17. The molecule has 4 aromatic heterocycles. The lowest BCUT2D eigenvalue weighted by Gasteiger charge is -2.09. The monoisotopic (exact) mass is 531 g/mol. The first-order valence-corrected chi connectivity index (χ1v) is 13.3. The fourth-order valence-electron chi connectivity index (χ4n) is 4.05. The summed E-state index contributed by atoms with van der Waals surface area (Å²) >= 11 is 0. The van der Waals surface area contributed by atoms with E-state index < -0.39 is 15.9 Å². The Labute approximate surface area is 218 Å². The zero-order chi connectivity index (χ0) is 27.0. The van der Waals surface area contributed by atoms with Crippen LogP contribution in [0.2, 0.25) is 0 Å². The summed E-state index contributed by atoms with van der Waals surface area (Å²) in [6.45, 7) is 8.17. The molecule has 0 spiro atoms. The fourth-order valence-corrected chi connectivity index (χ4v) is 5.00. The number of benzene rings is 1. The van der Waals surface area contributed by atoms with E-state index >= 15 is 0 Å². The van der Waals surface area contributed by atoms with E-state index in [2.05, 4.69) is 35.2 Å². The van der Waals surface area contributed by atoms with Crippen LogP contribution in [0, 0.1) is 20.8 Å². The molecule has 0 unspecified atom stereocenters. The van der Waals surface area contributed by atoms with Crippen molar-refractivity contribution in [1.29, 1.82) is 0 Å². The van der Waals surface area contributed by atoms with Crippen molar-refractivity contribution in [1.82, 2.24) is 34.3 Å². The molecule has 4 heterocycles. The molecule has 13 heteroatoms. The molecule has 38 heavy (non-hydrogen) atoms. The highest BCUT2D eigenvalue weighted by Gasteiger charge is 2.20. The molecule has 0 atom stereocenters. The van der Waals surface area contributed by atoms with E-state index in [1.165, 1.54) is 30.5 Å². The summed E-state index contributed by atoms with van der Waals surface area (Å²) in [4.78, 5) is 25.7. The van der Waals surface area contributed by atoms with Crippen molar-refractivity contribution in [2.75, 3.05) is 10.0 Å². The molecule has 12 nitrogen and oxygen atoms in total. The van der Waals surface area contributed by atoms with Gasteiger partial charge in [0.15, 0.2) is 5.65 Å². The summed E-state index contributed by atoms with van der Waals surface area (Å²) in [6.07, 6.45) is 5.01. The van der Waals surface area contributed by atoms with Crippen molar-refractivity contribution >= 4 is 33.2 Å². The van der Waals surface area contributed by atoms with Crippen LogP contribution in [-0.2, 0) is 16.6 Å². The number of amides is 1.